The molecule has 0 bridgehead atoms. The summed E-state index contributed by atoms with van der Waals surface area (Å²) in [6, 6.07) is 17.9. The third-order valence-electron chi connectivity index (χ3n) is 5.43. The second-order valence-electron chi connectivity index (χ2n) is 7.92. The number of fused-ring (bicyclic) bond motifs is 1. The maximum Gasteiger partial charge on any atom is 0.247 e. The second-order valence-corrected chi connectivity index (χ2v) is 7.92. The number of Topliss-reactive ketones (excluding diaryl/α,β-unsaturated/α-hetero) is 1. The van der Waals surface area contributed by atoms with Crippen molar-refractivity contribution in [1.82, 2.24) is 9.47 Å². The molecule has 2 aromatic carbocycles. The zero-order valence-electron chi connectivity index (χ0n) is 16.9. The predicted molar refractivity (Wildman–Crippen MR) is 117 cm³/mol. The number of hydrogen-bond acceptors (Lipinski definition) is 2. The molecule has 1 saturated carbocycles. The van der Waals surface area contributed by atoms with Crippen LogP contribution in [0.2, 0.25) is 0 Å². The van der Waals surface area contributed by atoms with Crippen molar-refractivity contribution in [3.8, 4) is 0 Å². The fourth-order valence-electron chi connectivity index (χ4n) is 3.66. The molecule has 0 aliphatic heterocycles. The summed E-state index contributed by atoms with van der Waals surface area (Å²) < 4.78 is 2.32. The molecule has 0 unspecified atom stereocenters. The lowest BCUT2D eigenvalue weighted by Crippen LogP contribution is -2.39. The number of para-hydroxylation sites is 1. The Hall–Kier alpha value is -3.14. The first kappa shape index (κ1) is 19.2. The van der Waals surface area contributed by atoms with Gasteiger partial charge in [0, 0.05) is 46.4 Å². The van der Waals surface area contributed by atoms with Gasteiger partial charge in [-0.3, -0.25) is 9.59 Å². The number of ketones is 1. The molecular formula is C25H26N2O2. The molecule has 3 aromatic rings. The SMILES string of the molecule is CC(C)N(CC(=O)c1ccccc1)C(=O)/C=C/c1cn(C2CC2)c2ccccc12. The van der Waals surface area contributed by atoms with Crippen molar-refractivity contribution < 1.29 is 9.59 Å². The molecule has 4 rings (SSSR count). The Bertz CT molecular complexity index is 1060. The summed E-state index contributed by atoms with van der Waals surface area (Å²) >= 11 is 0. The van der Waals surface area contributed by atoms with E-state index in [9.17, 15) is 9.59 Å². The zero-order valence-corrected chi connectivity index (χ0v) is 16.9. The van der Waals surface area contributed by atoms with Crippen LogP contribution in [0.1, 0.15) is 48.7 Å². The van der Waals surface area contributed by atoms with E-state index in [1.165, 1.54) is 18.4 Å². The lowest BCUT2D eigenvalue weighted by Gasteiger charge is -2.24. The number of carbonyl (C=O) groups is 2. The van der Waals surface area contributed by atoms with Gasteiger partial charge >= 0.3 is 0 Å². The lowest BCUT2D eigenvalue weighted by atomic mass is 10.1. The highest BCUT2D eigenvalue weighted by Crippen LogP contribution is 2.39. The average molecular weight is 386 g/mol. The summed E-state index contributed by atoms with van der Waals surface area (Å²) in [4.78, 5) is 27.1. The first-order valence-electron chi connectivity index (χ1n) is 10.2. The van der Waals surface area contributed by atoms with Crippen molar-refractivity contribution in [3.63, 3.8) is 0 Å². The Morgan fingerprint density at radius 3 is 2.45 bits per heavy atom. The van der Waals surface area contributed by atoms with E-state index in [0.29, 0.717) is 11.6 Å². The van der Waals surface area contributed by atoms with Crippen LogP contribution in [0, 0.1) is 0 Å². The van der Waals surface area contributed by atoms with E-state index in [1.54, 1.807) is 23.1 Å². The minimum atomic E-state index is -0.146. The van der Waals surface area contributed by atoms with Gasteiger partial charge in [0.25, 0.3) is 0 Å². The highest BCUT2D eigenvalue weighted by Gasteiger charge is 2.25. The second kappa shape index (κ2) is 8.08. The van der Waals surface area contributed by atoms with Crippen molar-refractivity contribution in [2.75, 3.05) is 6.54 Å². The zero-order chi connectivity index (χ0) is 20.4. The van der Waals surface area contributed by atoms with Gasteiger partial charge in [-0.15, -0.1) is 0 Å². The molecule has 1 aliphatic carbocycles. The Morgan fingerprint density at radius 2 is 1.76 bits per heavy atom. The number of benzene rings is 2. The molecule has 0 radical (unpaired) electrons. The minimum Gasteiger partial charge on any atom is -0.344 e. The summed E-state index contributed by atoms with van der Waals surface area (Å²) in [5, 5.41) is 1.15. The van der Waals surface area contributed by atoms with Crippen molar-refractivity contribution >= 4 is 28.7 Å². The quantitative estimate of drug-likeness (QED) is 0.418. The Labute approximate surface area is 171 Å². The summed E-state index contributed by atoms with van der Waals surface area (Å²) in [7, 11) is 0. The van der Waals surface area contributed by atoms with E-state index < -0.39 is 0 Å². The lowest BCUT2D eigenvalue weighted by molar-refractivity contribution is -0.127. The molecule has 1 heterocycles. The number of aromatic nitrogens is 1. The summed E-state index contributed by atoms with van der Waals surface area (Å²) in [6.07, 6.45) is 8.04. The maximum absolute atomic E-state index is 12.9. The van der Waals surface area contributed by atoms with E-state index in [0.717, 1.165) is 10.9 Å². The van der Waals surface area contributed by atoms with Crippen molar-refractivity contribution in [2.24, 2.45) is 0 Å². The largest absolute Gasteiger partial charge is 0.344 e. The van der Waals surface area contributed by atoms with Crippen LogP contribution in [-0.4, -0.2) is 33.7 Å². The molecule has 0 N–H and O–H groups in total. The standard InChI is InChI=1S/C25H26N2O2/c1-18(2)26(17-24(28)19-8-4-3-5-9-19)25(29)15-12-20-16-27(21-13-14-21)23-11-7-6-10-22(20)23/h3-12,15-16,18,21H,13-14,17H2,1-2H3/b15-12+. The van der Waals surface area contributed by atoms with E-state index in [4.69, 9.17) is 0 Å². The highest BCUT2D eigenvalue weighted by atomic mass is 16.2. The number of carbonyl (C=O) groups excluding carboxylic acids is 2. The maximum atomic E-state index is 12.9. The minimum absolute atomic E-state index is 0.0496. The van der Waals surface area contributed by atoms with Crippen molar-refractivity contribution in [1.29, 1.82) is 0 Å². The van der Waals surface area contributed by atoms with E-state index >= 15 is 0 Å². The highest BCUT2D eigenvalue weighted by molar-refractivity contribution is 6.02. The van der Waals surface area contributed by atoms with Gasteiger partial charge in [0.15, 0.2) is 5.78 Å². The number of nitrogens with zero attached hydrogens (tertiary/aromatic N) is 2. The van der Waals surface area contributed by atoms with Crippen LogP contribution in [-0.2, 0) is 4.79 Å². The van der Waals surface area contributed by atoms with Gasteiger partial charge in [-0.1, -0.05) is 48.5 Å². The number of amides is 1. The molecule has 1 fully saturated rings. The van der Waals surface area contributed by atoms with Gasteiger partial charge < -0.3 is 9.47 Å². The van der Waals surface area contributed by atoms with Gasteiger partial charge in [0.05, 0.1) is 6.54 Å². The molecule has 29 heavy (non-hydrogen) atoms. The Balaban J connectivity index is 1.54. The van der Waals surface area contributed by atoms with Crippen LogP contribution in [0.25, 0.3) is 17.0 Å². The Morgan fingerprint density at radius 1 is 1.07 bits per heavy atom. The van der Waals surface area contributed by atoms with Crippen LogP contribution in [0.3, 0.4) is 0 Å². The normalized spacial score (nSPS) is 14.0. The van der Waals surface area contributed by atoms with Crippen LogP contribution >= 0.6 is 0 Å². The third kappa shape index (κ3) is 4.16. The molecule has 4 nitrogen and oxygen atoms in total. The van der Waals surface area contributed by atoms with Crippen molar-refractivity contribution in [3.05, 3.63) is 78.0 Å². The van der Waals surface area contributed by atoms with Gasteiger partial charge in [-0.2, -0.15) is 0 Å². The Kier molecular flexibility index (Phi) is 5.34. The number of hydrogen-bond donors (Lipinski definition) is 0. The van der Waals surface area contributed by atoms with E-state index in [-0.39, 0.29) is 24.3 Å². The van der Waals surface area contributed by atoms with Gasteiger partial charge in [0.1, 0.15) is 0 Å². The van der Waals surface area contributed by atoms with Crippen molar-refractivity contribution in [2.45, 2.75) is 38.8 Å². The average Bonchev–Trinajstić information content (AvgIpc) is 3.52. The molecule has 4 heteroatoms. The molecule has 1 aromatic heterocycles. The van der Waals surface area contributed by atoms with Crippen LogP contribution in [0.4, 0.5) is 0 Å². The molecule has 1 aliphatic rings. The number of rotatable bonds is 7. The molecule has 0 atom stereocenters. The first-order chi connectivity index (χ1) is 14.0. The third-order valence-corrected chi connectivity index (χ3v) is 5.43. The molecule has 148 valence electrons. The van der Waals surface area contributed by atoms with Gasteiger partial charge in [-0.05, 0) is 38.8 Å². The first-order valence-corrected chi connectivity index (χ1v) is 10.2. The molecular weight excluding hydrogens is 360 g/mol. The summed E-state index contributed by atoms with van der Waals surface area (Å²) in [5.41, 5.74) is 2.88. The van der Waals surface area contributed by atoms with Gasteiger partial charge in [0.2, 0.25) is 5.91 Å². The van der Waals surface area contributed by atoms with Crippen LogP contribution in [0.15, 0.2) is 66.9 Å². The van der Waals surface area contributed by atoms with E-state index in [2.05, 4.69) is 29.0 Å². The van der Waals surface area contributed by atoms with Crippen LogP contribution < -0.4 is 0 Å². The fourth-order valence-corrected chi connectivity index (χ4v) is 3.66. The predicted octanol–water partition coefficient (Wildman–Crippen LogP) is 5.11. The topological polar surface area (TPSA) is 42.3 Å². The van der Waals surface area contributed by atoms with Gasteiger partial charge in [-0.25, -0.2) is 0 Å². The smallest absolute Gasteiger partial charge is 0.247 e. The fraction of sp³-hybridized carbons (Fsp3) is 0.280. The monoisotopic (exact) mass is 386 g/mol. The van der Waals surface area contributed by atoms with E-state index in [1.807, 2.05) is 44.2 Å². The molecule has 0 saturated heterocycles. The van der Waals surface area contributed by atoms with Crippen LogP contribution in [0.5, 0.6) is 0 Å². The summed E-state index contributed by atoms with van der Waals surface area (Å²) in [5.74, 6) is -0.195. The molecule has 1 amide bonds. The molecule has 0 spiro atoms. The summed E-state index contributed by atoms with van der Waals surface area (Å²) in [6.45, 7) is 3.95.